The quantitative estimate of drug-likeness (QED) is 0.568. The third-order valence-electron chi connectivity index (χ3n) is 1.54. The van der Waals surface area contributed by atoms with Crippen LogP contribution in [-0.2, 0) is 0 Å². The van der Waals surface area contributed by atoms with E-state index in [2.05, 4.69) is 15.3 Å². The Morgan fingerprint density at radius 3 is 2.62 bits per heavy atom. The predicted octanol–water partition coefficient (Wildman–Crippen LogP) is 0.243. The standard InChI is InChI=1S/C8H14N4O/c9-7-5-11-8(12-6-7)10-3-1-2-4-13/h5-6,13H,1-4,9H2,(H,10,11,12). The number of nitrogens with one attached hydrogen (secondary N) is 1. The molecule has 5 heteroatoms. The van der Waals surface area contributed by atoms with Gasteiger partial charge in [0, 0.05) is 13.2 Å². The van der Waals surface area contributed by atoms with Gasteiger partial charge in [-0.3, -0.25) is 0 Å². The topological polar surface area (TPSA) is 84.1 Å². The van der Waals surface area contributed by atoms with Gasteiger partial charge in [-0.2, -0.15) is 0 Å². The summed E-state index contributed by atoms with van der Waals surface area (Å²) in [6.07, 6.45) is 4.81. The van der Waals surface area contributed by atoms with Crippen LogP contribution in [0.25, 0.3) is 0 Å². The minimum absolute atomic E-state index is 0.226. The molecule has 5 nitrogen and oxygen atoms in total. The van der Waals surface area contributed by atoms with E-state index in [1.807, 2.05) is 0 Å². The Morgan fingerprint density at radius 1 is 1.31 bits per heavy atom. The van der Waals surface area contributed by atoms with Crippen LogP contribution in [0.15, 0.2) is 12.4 Å². The van der Waals surface area contributed by atoms with Gasteiger partial charge in [0.05, 0.1) is 18.1 Å². The van der Waals surface area contributed by atoms with E-state index in [-0.39, 0.29) is 6.61 Å². The molecule has 0 amide bonds. The Kier molecular flexibility index (Phi) is 3.98. The SMILES string of the molecule is Nc1cnc(NCCCCO)nc1. The number of aliphatic hydroxyl groups is 1. The first-order valence-electron chi connectivity index (χ1n) is 4.25. The summed E-state index contributed by atoms with van der Waals surface area (Å²) in [7, 11) is 0. The van der Waals surface area contributed by atoms with Gasteiger partial charge in [-0.25, -0.2) is 9.97 Å². The van der Waals surface area contributed by atoms with Crippen molar-refractivity contribution in [3.05, 3.63) is 12.4 Å². The summed E-state index contributed by atoms with van der Waals surface area (Å²) < 4.78 is 0. The Hall–Kier alpha value is -1.36. The van der Waals surface area contributed by atoms with Gasteiger partial charge in [0.1, 0.15) is 0 Å². The van der Waals surface area contributed by atoms with E-state index < -0.39 is 0 Å². The normalized spacial score (nSPS) is 9.92. The summed E-state index contributed by atoms with van der Waals surface area (Å²) in [6, 6.07) is 0. The van der Waals surface area contributed by atoms with Crippen molar-refractivity contribution in [2.75, 3.05) is 24.2 Å². The van der Waals surface area contributed by atoms with Gasteiger partial charge < -0.3 is 16.2 Å². The molecular formula is C8H14N4O. The molecule has 0 saturated heterocycles. The van der Waals surface area contributed by atoms with Crippen molar-refractivity contribution in [1.29, 1.82) is 0 Å². The maximum atomic E-state index is 8.52. The molecule has 0 aliphatic heterocycles. The fraction of sp³-hybridized carbons (Fsp3) is 0.500. The van der Waals surface area contributed by atoms with Gasteiger partial charge >= 0.3 is 0 Å². The number of nitrogen functional groups attached to an aromatic ring is 1. The molecule has 4 N–H and O–H groups in total. The minimum Gasteiger partial charge on any atom is -0.396 e. The average molecular weight is 182 g/mol. The Morgan fingerprint density at radius 2 is 2.00 bits per heavy atom. The molecule has 1 aromatic heterocycles. The van der Waals surface area contributed by atoms with Crippen LogP contribution >= 0.6 is 0 Å². The predicted molar refractivity (Wildman–Crippen MR) is 51.3 cm³/mol. The van der Waals surface area contributed by atoms with Crippen LogP contribution in [0.5, 0.6) is 0 Å². The van der Waals surface area contributed by atoms with E-state index >= 15 is 0 Å². The Balaban J connectivity index is 2.25. The molecule has 0 atom stereocenters. The van der Waals surface area contributed by atoms with Crippen molar-refractivity contribution in [3.8, 4) is 0 Å². The molecule has 0 radical (unpaired) electrons. The fourth-order valence-corrected chi connectivity index (χ4v) is 0.866. The number of aliphatic hydroxyl groups excluding tert-OH is 1. The average Bonchev–Trinajstić information content (AvgIpc) is 2.15. The highest BCUT2D eigenvalue weighted by atomic mass is 16.2. The van der Waals surface area contributed by atoms with E-state index in [1.165, 1.54) is 0 Å². The monoisotopic (exact) mass is 182 g/mol. The lowest BCUT2D eigenvalue weighted by atomic mass is 10.3. The number of nitrogens with zero attached hydrogens (tertiary/aromatic N) is 2. The summed E-state index contributed by atoms with van der Waals surface area (Å²) in [6.45, 7) is 0.995. The van der Waals surface area contributed by atoms with Gasteiger partial charge in [0.25, 0.3) is 0 Å². The van der Waals surface area contributed by atoms with Gasteiger partial charge in [0.2, 0.25) is 5.95 Å². The molecule has 1 rings (SSSR count). The number of hydrogen-bond acceptors (Lipinski definition) is 5. The zero-order chi connectivity index (χ0) is 9.52. The summed E-state index contributed by atoms with van der Waals surface area (Å²) in [4.78, 5) is 7.93. The van der Waals surface area contributed by atoms with Gasteiger partial charge in [-0.05, 0) is 12.8 Å². The van der Waals surface area contributed by atoms with E-state index in [9.17, 15) is 0 Å². The Labute approximate surface area is 77.0 Å². The maximum absolute atomic E-state index is 8.52. The number of aromatic nitrogens is 2. The van der Waals surface area contributed by atoms with Gasteiger partial charge in [-0.15, -0.1) is 0 Å². The summed E-state index contributed by atoms with van der Waals surface area (Å²) in [5, 5.41) is 11.5. The van der Waals surface area contributed by atoms with E-state index in [1.54, 1.807) is 12.4 Å². The molecule has 0 saturated carbocycles. The highest BCUT2D eigenvalue weighted by Gasteiger charge is 1.93. The highest BCUT2D eigenvalue weighted by Crippen LogP contribution is 2.00. The van der Waals surface area contributed by atoms with Crippen molar-refractivity contribution in [2.24, 2.45) is 0 Å². The van der Waals surface area contributed by atoms with Crippen LogP contribution in [0.2, 0.25) is 0 Å². The molecule has 13 heavy (non-hydrogen) atoms. The molecule has 0 aliphatic carbocycles. The molecule has 0 fully saturated rings. The summed E-state index contributed by atoms with van der Waals surface area (Å²) >= 11 is 0. The molecule has 0 aromatic carbocycles. The number of unbranched alkanes of at least 4 members (excludes halogenated alkanes) is 1. The Bertz CT molecular complexity index is 236. The van der Waals surface area contributed by atoms with Crippen molar-refractivity contribution in [2.45, 2.75) is 12.8 Å². The van der Waals surface area contributed by atoms with E-state index in [0.29, 0.717) is 11.6 Å². The first-order chi connectivity index (χ1) is 6.33. The third kappa shape index (κ3) is 3.71. The highest BCUT2D eigenvalue weighted by molar-refractivity contribution is 5.35. The van der Waals surface area contributed by atoms with Crippen LogP contribution in [0.1, 0.15) is 12.8 Å². The second-order valence-corrected chi connectivity index (χ2v) is 2.70. The molecule has 0 aliphatic rings. The lowest BCUT2D eigenvalue weighted by molar-refractivity contribution is 0.286. The van der Waals surface area contributed by atoms with Crippen molar-refractivity contribution >= 4 is 11.6 Å². The summed E-state index contributed by atoms with van der Waals surface area (Å²) in [5.41, 5.74) is 5.97. The number of hydrogen-bond donors (Lipinski definition) is 3. The first-order valence-corrected chi connectivity index (χ1v) is 4.25. The third-order valence-corrected chi connectivity index (χ3v) is 1.54. The number of rotatable bonds is 5. The second kappa shape index (κ2) is 5.31. The van der Waals surface area contributed by atoms with Crippen molar-refractivity contribution in [1.82, 2.24) is 9.97 Å². The number of anilines is 2. The lowest BCUT2D eigenvalue weighted by Gasteiger charge is -2.02. The molecule has 0 unspecified atom stereocenters. The summed E-state index contributed by atoms with van der Waals surface area (Å²) in [5.74, 6) is 0.576. The molecule has 72 valence electrons. The molecule has 0 spiro atoms. The van der Waals surface area contributed by atoms with Crippen molar-refractivity contribution < 1.29 is 5.11 Å². The first kappa shape index (κ1) is 9.73. The maximum Gasteiger partial charge on any atom is 0.222 e. The molecule has 1 heterocycles. The molecular weight excluding hydrogens is 168 g/mol. The van der Waals surface area contributed by atoms with Crippen LogP contribution in [-0.4, -0.2) is 28.2 Å². The van der Waals surface area contributed by atoms with Crippen LogP contribution in [0.3, 0.4) is 0 Å². The number of nitrogens with two attached hydrogens (primary N) is 1. The van der Waals surface area contributed by atoms with Crippen LogP contribution in [0.4, 0.5) is 11.6 Å². The van der Waals surface area contributed by atoms with Gasteiger partial charge in [0.15, 0.2) is 0 Å². The van der Waals surface area contributed by atoms with E-state index in [0.717, 1.165) is 19.4 Å². The van der Waals surface area contributed by atoms with E-state index in [4.69, 9.17) is 10.8 Å². The lowest BCUT2D eigenvalue weighted by Crippen LogP contribution is -2.06. The molecule has 1 aromatic rings. The van der Waals surface area contributed by atoms with Crippen LogP contribution < -0.4 is 11.1 Å². The minimum atomic E-state index is 0.226. The van der Waals surface area contributed by atoms with Crippen molar-refractivity contribution in [3.63, 3.8) is 0 Å². The molecule has 0 bridgehead atoms. The van der Waals surface area contributed by atoms with Crippen LogP contribution in [0, 0.1) is 0 Å². The largest absolute Gasteiger partial charge is 0.396 e. The smallest absolute Gasteiger partial charge is 0.222 e. The zero-order valence-electron chi connectivity index (χ0n) is 7.40. The fourth-order valence-electron chi connectivity index (χ4n) is 0.866. The second-order valence-electron chi connectivity index (χ2n) is 2.70. The zero-order valence-corrected chi connectivity index (χ0v) is 7.40. The van der Waals surface area contributed by atoms with Gasteiger partial charge in [-0.1, -0.05) is 0 Å².